The first-order valence-electron chi connectivity index (χ1n) is 8.76. The molecule has 0 aromatic heterocycles. The van der Waals surface area contributed by atoms with Crippen LogP contribution in [0.5, 0.6) is 11.5 Å². The van der Waals surface area contributed by atoms with Crippen LogP contribution in [0.4, 0.5) is 0 Å². The minimum Gasteiger partial charge on any atom is -0.507 e. The van der Waals surface area contributed by atoms with Crippen molar-refractivity contribution in [2.24, 2.45) is 0 Å². The van der Waals surface area contributed by atoms with Gasteiger partial charge in [0.05, 0.1) is 0 Å². The summed E-state index contributed by atoms with van der Waals surface area (Å²) in [4.78, 5) is 11.3. The van der Waals surface area contributed by atoms with Crippen LogP contribution in [-0.2, 0) is 11.2 Å². The number of carbonyl (C=O) groups excluding carboxylic acids is 1. The van der Waals surface area contributed by atoms with E-state index in [1.165, 1.54) is 7.05 Å². The predicted octanol–water partition coefficient (Wildman–Crippen LogP) is 5.74. The largest absolute Gasteiger partial charge is 0.507 e. The minimum absolute atomic E-state index is 0.120. The summed E-state index contributed by atoms with van der Waals surface area (Å²) in [6.07, 6.45) is 0.467. The van der Waals surface area contributed by atoms with Crippen molar-refractivity contribution in [3.05, 3.63) is 80.8 Å². The predicted molar refractivity (Wildman–Crippen MR) is 117 cm³/mol. The van der Waals surface area contributed by atoms with Gasteiger partial charge in [-0.05, 0) is 53.1 Å². The average molecular weight is 451 g/mol. The second-order valence-electron chi connectivity index (χ2n) is 6.36. The van der Waals surface area contributed by atoms with Gasteiger partial charge in [-0.15, -0.1) is 0 Å². The molecule has 1 amide bonds. The molecule has 0 bridgehead atoms. The number of hydrogen-bond donors (Lipinski definition) is 2. The van der Waals surface area contributed by atoms with E-state index in [-0.39, 0.29) is 18.3 Å². The minimum atomic E-state index is -0.250. The number of hydrogen-bond acceptors (Lipinski definition) is 3. The third-order valence-corrected chi connectivity index (χ3v) is 5.29. The second-order valence-corrected chi connectivity index (χ2v) is 7.61. The molecule has 0 aliphatic heterocycles. The summed E-state index contributed by atoms with van der Waals surface area (Å²) in [5, 5.41) is 14.2. The lowest BCUT2D eigenvalue weighted by atomic mass is 9.98. The van der Waals surface area contributed by atoms with E-state index in [1.54, 1.807) is 30.3 Å². The van der Waals surface area contributed by atoms with Crippen LogP contribution in [0, 0.1) is 0 Å². The molecule has 2 N–H and O–H groups in total. The molecule has 3 aromatic rings. The lowest BCUT2D eigenvalue weighted by Crippen LogP contribution is -2.24. The van der Waals surface area contributed by atoms with Crippen molar-refractivity contribution in [3.8, 4) is 22.6 Å². The Morgan fingerprint density at radius 1 is 1.00 bits per heavy atom. The molecule has 0 atom stereocenters. The van der Waals surface area contributed by atoms with Crippen LogP contribution >= 0.6 is 34.8 Å². The molecular weight excluding hydrogens is 433 g/mol. The van der Waals surface area contributed by atoms with Crippen molar-refractivity contribution >= 4 is 40.7 Å². The molecule has 3 aromatic carbocycles. The molecule has 0 heterocycles. The maximum Gasteiger partial charge on any atom is 0.257 e. The Labute approximate surface area is 184 Å². The Kier molecular flexibility index (Phi) is 6.91. The number of nitrogens with one attached hydrogen (secondary N) is 1. The first kappa shape index (κ1) is 21.3. The molecule has 3 rings (SSSR count). The zero-order chi connectivity index (χ0) is 21.0. The normalized spacial score (nSPS) is 10.6. The summed E-state index contributed by atoms with van der Waals surface area (Å²) in [6, 6.07) is 15.8. The molecule has 0 saturated carbocycles. The van der Waals surface area contributed by atoms with Crippen molar-refractivity contribution in [1.29, 1.82) is 0 Å². The Hall–Kier alpha value is -2.40. The topological polar surface area (TPSA) is 58.6 Å². The third kappa shape index (κ3) is 5.36. The molecule has 4 nitrogen and oxygen atoms in total. The highest BCUT2D eigenvalue weighted by molar-refractivity contribution is 6.36. The smallest absolute Gasteiger partial charge is 0.257 e. The van der Waals surface area contributed by atoms with Gasteiger partial charge in [0.2, 0.25) is 0 Å². The number of halogens is 3. The first-order chi connectivity index (χ1) is 13.9. The lowest BCUT2D eigenvalue weighted by molar-refractivity contribution is -0.122. The van der Waals surface area contributed by atoms with Gasteiger partial charge in [0.25, 0.3) is 5.91 Å². The molecule has 0 aliphatic carbocycles. The fourth-order valence-electron chi connectivity index (χ4n) is 2.81. The zero-order valence-electron chi connectivity index (χ0n) is 15.5. The van der Waals surface area contributed by atoms with Crippen LogP contribution in [0.2, 0.25) is 15.1 Å². The number of ether oxygens (including phenoxy) is 1. The number of amides is 1. The van der Waals surface area contributed by atoms with Crippen LogP contribution in [0.3, 0.4) is 0 Å². The maximum absolute atomic E-state index is 11.3. The van der Waals surface area contributed by atoms with Gasteiger partial charge in [-0.3, -0.25) is 4.79 Å². The highest BCUT2D eigenvalue weighted by atomic mass is 35.5. The fourth-order valence-corrected chi connectivity index (χ4v) is 3.54. The van der Waals surface area contributed by atoms with Gasteiger partial charge >= 0.3 is 0 Å². The van der Waals surface area contributed by atoms with E-state index in [9.17, 15) is 9.90 Å². The Bertz CT molecular complexity index is 1010. The van der Waals surface area contributed by atoms with E-state index in [0.717, 1.165) is 16.7 Å². The van der Waals surface area contributed by atoms with Crippen molar-refractivity contribution in [3.63, 3.8) is 0 Å². The summed E-state index contributed by atoms with van der Waals surface area (Å²) in [5.74, 6) is 0.339. The summed E-state index contributed by atoms with van der Waals surface area (Å²) in [5.41, 5.74) is 3.20. The molecule has 150 valence electrons. The number of aromatic hydroxyl groups is 1. The molecule has 0 radical (unpaired) electrons. The molecular formula is C22H18Cl3NO3. The van der Waals surface area contributed by atoms with E-state index in [4.69, 9.17) is 39.5 Å². The standard InChI is InChI=1S/C22H18Cl3NO3/c1-26-22(28)12-29-16-10-19(24)18(20(25)11-16)9-13-2-7-21(27)17(8-13)14-3-5-15(23)6-4-14/h2-8,10-11,27H,9,12H2,1H3,(H,26,28). The van der Waals surface area contributed by atoms with E-state index in [0.29, 0.717) is 32.8 Å². The number of likely N-dealkylation sites (N-methyl/N-ethyl adjacent to an activating group) is 1. The number of phenols is 1. The van der Waals surface area contributed by atoms with E-state index < -0.39 is 0 Å². The van der Waals surface area contributed by atoms with E-state index >= 15 is 0 Å². The Morgan fingerprint density at radius 2 is 1.66 bits per heavy atom. The summed E-state index contributed by atoms with van der Waals surface area (Å²) in [6.45, 7) is -0.120. The molecule has 7 heteroatoms. The maximum atomic E-state index is 11.3. The van der Waals surface area contributed by atoms with Crippen LogP contribution in [-0.4, -0.2) is 24.7 Å². The Morgan fingerprint density at radius 3 is 2.28 bits per heavy atom. The van der Waals surface area contributed by atoms with Crippen LogP contribution in [0.15, 0.2) is 54.6 Å². The molecule has 0 fully saturated rings. The van der Waals surface area contributed by atoms with E-state index in [1.807, 2.05) is 24.3 Å². The molecule has 29 heavy (non-hydrogen) atoms. The highest BCUT2D eigenvalue weighted by Crippen LogP contribution is 2.35. The molecule has 0 spiro atoms. The van der Waals surface area contributed by atoms with Gasteiger partial charge in [0.15, 0.2) is 6.61 Å². The second kappa shape index (κ2) is 9.40. The van der Waals surface area contributed by atoms with Gasteiger partial charge in [0.1, 0.15) is 11.5 Å². The fraction of sp³-hybridized carbons (Fsp3) is 0.136. The molecule has 0 saturated heterocycles. The average Bonchev–Trinajstić information content (AvgIpc) is 2.70. The van der Waals surface area contributed by atoms with Gasteiger partial charge < -0.3 is 15.2 Å². The zero-order valence-corrected chi connectivity index (χ0v) is 17.8. The molecule has 0 aliphatic rings. The van der Waals surface area contributed by atoms with Crippen molar-refractivity contribution in [2.75, 3.05) is 13.7 Å². The van der Waals surface area contributed by atoms with E-state index in [2.05, 4.69) is 5.32 Å². The summed E-state index contributed by atoms with van der Waals surface area (Å²) < 4.78 is 5.40. The van der Waals surface area contributed by atoms with Crippen LogP contribution in [0.1, 0.15) is 11.1 Å². The lowest BCUT2D eigenvalue weighted by Gasteiger charge is -2.13. The van der Waals surface area contributed by atoms with Crippen LogP contribution < -0.4 is 10.1 Å². The number of benzene rings is 3. The van der Waals surface area contributed by atoms with Crippen molar-refractivity contribution in [2.45, 2.75) is 6.42 Å². The monoisotopic (exact) mass is 449 g/mol. The Balaban J connectivity index is 1.85. The SMILES string of the molecule is CNC(=O)COc1cc(Cl)c(Cc2ccc(O)c(-c3ccc(Cl)cc3)c2)c(Cl)c1. The van der Waals surface area contributed by atoms with Crippen molar-refractivity contribution < 1.29 is 14.6 Å². The first-order valence-corrected chi connectivity index (χ1v) is 9.90. The summed E-state index contributed by atoms with van der Waals surface area (Å²) >= 11 is 18.8. The van der Waals surface area contributed by atoms with Gasteiger partial charge in [0, 0.05) is 34.1 Å². The van der Waals surface area contributed by atoms with Gasteiger partial charge in [-0.1, -0.05) is 53.0 Å². The van der Waals surface area contributed by atoms with Gasteiger partial charge in [-0.2, -0.15) is 0 Å². The van der Waals surface area contributed by atoms with Gasteiger partial charge in [-0.25, -0.2) is 0 Å². The number of rotatable bonds is 6. The summed E-state index contributed by atoms with van der Waals surface area (Å²) in [7, 11) is 1.53. The quantitative estimate of drug-likeness (QED) is 0.504. The van der Waals surface area contributed by atoms with Crippen molar-refractivity contribution in [1.82, 2.24) is 5.32 Å². The number of carbonyl (C=O) groups is 1. The highest BCUT2D eigenvalue weighted by Gasteiger charge is 2.13. The third-order valence-electron chi connectivity index (χ3n) is 4.36. The van der Waals surface area contributed by atoms with Crippen LogP contribution in [0.25, 0.3) is 11.1 Å². The molecule has 0 unspecified atom stereocenters. The number of phenolic OH excluding ortho intramolecular Hbond substituents is 1.